The molecule has 35 heavy (non-hydrogen) atoms. The summed E-state index contributed by atoms with van der Waals surface area (Å²) < 4.78 is 13.6. The number of benzene rings is 3. The van der Waals surface area contributed by atoms with Gasteiger partial charge in [0.05, 0.1) is 17.6 Å². The van der Waals surface area contributed by atoms with Crippen LogP contribution >= 0.6 is 11.6 Å². The standard InChI is InChI=1S/C28H30ClN3O3/c29-22-14-16-24(17-15-22)34-20-19-32-26-12-7-6-11-25(26)31-27(32)13-5-2-8-18-30-28(33)21-35-23-9-3-1-4-10-23/h1,3-4,6-7,9-12,14-17H,2,5,8,13,18-21H2,(H,30,33). The summed E-state index contributed by atoms with van der Waals surface area (Å²) in [5.74, 6) is 2.46. The highest BCUT2D eigenvalue weighted by molar-refractivity contribution is 6.30. The minimum atomic E-state index is -0.101. The largest absolute Gasteiger partial charge is 0.492 e. The molecule has 0 fully saturated rings. The van der Waals surface area contributed by atoms with Gasteiger partial charge in [-0.1, -0.05) is 48.4 Å². The molecule has 1 heterocycles. The van der Waals surface area contributed by atoms with Crippen molar-refractivity contribution in [3.63, 3.8) is 0 Å². The normalized spacial score (nSPS) is 10.9. The van der Waals surface area contributed by atoms with Crippen molar-refractivity contribution in [3.05, 3.63) is 89.7 Å². The number of carbonyl (C=O) groups excluding carboxylic acids is 1. The summed E-state index contributed by atoms with van der Waals surface area (Å²) in [5.41, 5.74) is 2.12. The first-order chi connectivity index (χ1) is 17.2. The van der Waals surface area contributed by atoms with Crippen LogP contribution in [0.2, 0.25) is 5.02 Å². The van der Waals surface area contributed by atoms with Crippen LogP contribution in [0.5, 0.6) is 11.5 Å². The second-order valence-electron chi connectivity index (χ2n) is 8.23. The Morgan fingerprint density at radius 3 is 2.43 bits per heavy atom. The molecule has 0 saturated carbocycles. The van der Waals surface area contributed by atoms with Crippen LogP contribution in [-0.2, 0) is 17.8 Å². The summed E-state index contributed by atoms with van der Waals surface area (Å²) in [6.07, 6.45) is 3.79. The predicted molar refractivity (Wildman–Crippen MR) is 139 cm³/mol. The average molecular weight is 492 g/mol. The van der Waals surface area contributed by atoms with Gasteiger partial charge in [-0.3, -0.25) is 4.79 Å². The molecule has 0 unspecified atom stereocenters. The lowest BCUT2D eigenvalue weighted by Gasteiger charge is -2.11. The second kappa shape index (κ2) is 12.8. The Labute approximate surface area is 210 Å². The molecule has 1 aromatic heterocycles. The van der Waals surface area contributed by atoms with E-state index in [0.29, 0.717) is 23.9 Å². The number of para-hydroxylation sites is 3. The highest BCUT2D eigenvalue weighted by Gasteiger charge is 2.10. The summed E-state index contributed by atoms with van der Waals surface area (Å²) in [7, 11) is 0. The maximum atomic E-state index is 12.0. The van der Waals surface area contributed by atoms with Gasteiger partial charge in [-0.25, -0.2) is 4.98 Å². The Bertz CT molecular complexity index is 1210. The molecule has 0 bridgehead atoms. The van der Waals surface area contributed by atoms with Crippen LogP contribution in [0.25, 0.3) is 11.0 Å². The van der Waals surface area contributed by atoms with E-state index in [9.17, 15) is 4.79 Å². The van der Waals surface area contributed by atoms with Crippen molar-refractivity contribution in [2.45, 2.75) is 32.2 Å². The third-order valence-electron chi connectivity index (χ3n) is 5.64. The fraction of sp³-hybridized carbons (Fsp3) is 0.286. The van der Waals surface area contributed by atoms with Crippen LogP contribution in [0.4, 0.5) is 0 Å². The Hall–Kier alpha value is -3.51. The fourth-order valence-corrected chi connectivity index (χ4v) is 4.01. The Morgan fingerprint density at radius 2 is 1.60 bits per heavy atom. The van der Waals surface area contributed by atoms with Crippen LogP contribution < -0.4 is 14.8 Å². The number of halogens is 1. The number of hydrogen-bond donors (Lipinski definition) is 1. The zero-order chi connectivity index (χ0) is 24.3. The first-order valence-electron chi connectivity index (χ1n) is 12.0. The number of amides is 1. The molecular weight excluding hydrogens is 462 g/mol. The molecule has 7 heteroatoms. The maximum Gasteiger partial charge on any atom is 0.257 e. The zero-order valence-corrected chi connectivity index (χ0v) is 20.4. The molecule has 4 aromatic rings. The number of carbonyl (C=O) groups is 1. The molecule has 0 radical (unpaired) electrons. The Kier molecular flexibility index (Phi) is 9.01. The summed E-state index contributed by atoms with van der Waals surface area (Å²) in [5, 5.41) is 3.62. The topological polar surface area (TPSA) is 65.4 Å². The molecular formula is C28H30ClN3O3. The molecule has 182 valence electrons. The fourth-order valence-electron chi connectivity index (χ4n) is 3.88. The van der Waals surface area contributed by atoms with Crippen LogP contribution in [0.1, 0.15) is 25.1 Å². The van der Waals surface area contributed by atoms with Crippen molar-refractivity contribution in [2.75, 3.05) is 19.8 Å². The van der Waals surface area contributed by atoms with Crippen molar-refractivity contribution >= 4 is 28.5 Å². The molecule has 0 spiro atoms. The van der Waals surface area contributed by atoms with Crippen molar-refractivity contribution in [1.29, 1.82) is 0 Å². The van der Waals surface area contributed by atoms with Crippen LogP contribution in [0, 0.1) is 0 Å². The van der Waals surface area contributed by atoms with Crippen molar-refractivity contribution in [1.82, 2.24) is 14.9 Å². The van der Waals surface area contributed by atoms with Gasteiger partial charge in [-0.05, 0) is 61.4 Å². The van der Waals surface area contributed by atoms with Gasteiger partial charge in [0.2, 0.25) is 0 Å². The molecule has 3 aromatic carbocycles. The number of imidazole rings is 1. The molecule has 6 nitrogen and oxygen atoms in total. The van der Waals surface area contributed by atoms with Gasteiger partial charge in [-0.15, -0.1) is 0 Å². The minimum Gasteiger partial charge on any atom is -0.492 e. The molecule has 1 N–H and O–H groups in total. The third-order valence-corrected chi connectivity index (χ3v) is 5.90. The van der Waals surface area contributed by atoms with E-state index in [4.69, 9.17) is 26.1 Å². The van der Waals surface area contributed by atoms with E-state index in [-0.39, 0.29) is 12.5 Å². The number of hydrogen-bond acceptors (Lipinski definition) is 4. The summed E-state index contributed by atoms with van der Waals surface area (Å²) in [4.78, 5) is 16.8. The number of rotatable bonds is 13. The van der Waals surface area contributed by atoms with Crippen molar-refractivity contribution in [2.24, 2.45) is 0 Å². The first kappa shape index (κ1) is 24.6. The average Bonchev–Trinajstić information content (AvgIpc) is 3.24. The lowest BCUT2D eigenvalue weighted by atomic mass is 10.2. The van der Waals surface area contributed by atoms with E-state index in [1.54, 1.807) is 0 Å². The van der Waals surface area contributed by atoms with E-state index >= 15 is 0 Å². The van der Waals surface area contributed by atoms with Gasteiger partial charge in [0.1, 0.15) is 23.9 Å². The number of aromatic nitrogens is 2. The van der Waals surface area contributed by atoms with Crippen LogP contribution in [0.3, 0.4) is 0 Å². The first-order valence-corrected chi connectivity index (χ1v) is 12.3. The third kappa shape index (κ3) is 7.49. The molecule has 0 aliphatic rings. The molecule has 0 saturated heterocycles. The minimum absolute atomic E-state index is 0.0339. The SMILES string of the molecule is O=C(COc1ccccc1)NCCCCCc1nc2ccccc2n1CCOc1ccc(Cl)cc1. The number of unbranched alkanes of at least 4 members (excludes halogenated alkanes) is 2. The molecule has 4 rings (SSSR count). The van der Waals surface area contributed by atoms with Gasteiger partial charge in [0.15, 0.2) is 6.61 Å². The lowest BCUT2D eigenvalue weighted by Crippen LogP contribution is -2.29. The number of nitrogens with zero attached hydrogens (tertiary/aromatic N) is 2. The highest BCUT2D eigenvalue weighted by atomic mass is 35.5. The molecule has 0 atom stereocenters. The van der Waals surface area contributed by atoms with Gasteiger partial charge in [0, 0.05) is 18.0 Å². The lowest BCUT2D eigenvalue weighted by molar-refractivity contribution is -0.123. The second-order valence-corrected chi connectivity index (χ2v) is 8.67. The summed E-state index contributed by atoms with van der Waals surface area (Å²) in [6.45, 7) is 1.94. The van der Waals surface area contributed by atoms with Crippen molar-refractivity contribution in [3.8, 4) is 11.5 Å². The maximum absolute atomic E-state index is 12.0. The van der Waals surface area contributed by atoms with E-state index in [1.165, 1.54) is 0 Å². The van der Waals surface area contributed by atoms with E-state index in [1.807, 2.05) is 72.8 Å². The molecule has 0 aliphatic heterocycles. The monoisotopic (exact) mass is 491 g/mol. The van der Waals surface area contributed by atoms with E-state index in [2.05, 4.69) is 16.0 Å². The molecule has 1 amide bonds. The highest BCUT2D eigenvalue weighted by Crippen LogP contribution is 2.19. The number of fused-ring (bicyclic) bond motifs is 1. The van der Waals surface area contributed by atoms with E-state index < -0.39 is 0 Å². The van der Waals surface area contributed by atoms with Gasteiger partial charge in [-0.2, -0.15) is 0 Å². The summed E-state index contributed by atoms with van der Waals surface area (Å²) in [6, 6.07) is 25.0. The van der Waals surface area contributed by atoms with Crippen LogP contribution in [0.15, 0.2) is 78.9 Å². The predicted octanol–water partition coefficient (Wildman–Crippen LogP) is 5.68. The Balaban J connectivity index is 1.20. The van der Waals surface area contributed by atoms with E-state index in [0.717, 1.165) is 54.8 Å². The molecule has 0 aliphatic carbocycles. The quantitative estimate of drug-likeness (QED) is 0.244. The van der Waals surface area contributed by atoms with Crippen molar-refractivity contribution < 1.29 is 14.3 Å². The van der Waals surface area contributed by atoms with Gasteiger partial charge >= 0.3 is 0 Å². The van der Waals surface area contributed by atoms with Gasteiger partial charge < -0.3 is 19.4 Å². The summed E-state index contributed by atoms with van der Waals surface area (Å²) >= 11 is 5.95. The zero-order valence-electron chi connectivity index (χ0n) is 19.7. The Morgan fingerprint density at radius 1 is 0.857 bits per heavy atom. The number of ether oxygens (including phenoxy) is 2. The van der Waals surface area contributed by atoms with Crippen LogP contribution in [-0.4, -0.2) is 35.2 Å². The number of nitrogens with one attached hydrogen (secondary N) is 1. The van der Waals surface area contributed by atoms with Gasteiger partial charge in [0.25, 0.3) is 5.91 Å². The number of aryl methyl sites for hydroxylation is 1. The smallest absolute Gasteiger partial charge is 0.257 e.